The molecule has 0 spiro atoms. The first-order valence-corrected chi connectivity index (χ1v) is 7.56. The van der Waals surface area contributed by atoms with Gasteiger partial charge in [-0.2, -0.15) is 0 Å². The molecular formula is C14H23IN2. The predicted octanol–water partition coefficient (Wildman–Crippen LogP) is 4.64. The number of benzene rings is 1. The molecule has 0 bridgehead atoms. The van der Waals surface area contributed by atoms with Crippen molar-refractivity contribution in [1.82, 2.24) is 0 Å². The van der Waals surface area contributed by atoms with Gasteiger partial charge in [-0.1, -0.05) is 33.1 Å². The molecule has 0 aromatic heterocycles. The van der Waals surface area contributed by atoms with Crippen molar-refractivity contribution in [3.05, 3.63) is 21.8 Å². The Labute approximate surface area is 119 Å². The van der Waals surface area contributed by atoms with Crippen LogP contribution in [0.2, 0.25) is 0 Å². The number of nitrogens with two attached hydrogens (primary N) is 1. The van der Waals surface area contributed by atoms with E-state index in [1.165, 1.54) is 41.4 Å². The van der Waals surface area contributed by atoms with Gasteiger partial charge in [0.1, 0.15) is 0 Å². The van der Waals surface area contributed by atoms with Crippen molar-refractivity contribution in [2.24, 2.45) is 0 Å². The first kappa shape index (κ1) is 14.6. The Morgan fingerprint density at radius 3 is 2.59 bits per heavy atom. The summed E-state index contributed by atoms with van der Waals surface area (Å²) in [5.74, 6) is 0. The van der Waals surface area contributed by atoms with Crippen LogP contribution in [-0.2, 0) is 0 Å². The second kappa shape index (κ2) is 7.80. The minimum absolute atomic E-state index is 0.595. The molecule has 0 saturated heterocycles. The van der Waals surface area contributed by atoms with Crippen molar-refractivity contribution >= 4 is 34.0 Å². The normalized spacial score (nSPS) is 12.4. The van der Waals surface area contributed by atoms with Gasteiger partial charge in [-0.05, 0) is 53.6 Å². The van der Waals surface area contributed by atoms with Crippen molar-refractivity contribution in [2.75, 3.05) is 11.1 Å². The predicted molar refractivity (Wildman–Crippen MR) is 85.4 cm³/mol. The van der Waals surface area contributed by atoms with E-state index in [-0.39, 0.29) is 0 Å². The van der Waals surface area contributed by atoms with Crippen LogP contribution in [-0.4, -0.2) is 6.04 Å². The fraction of sp³-hybridized carbons (Fsp3) is 0.571. The lowest BCUT2D eigenvalue weighted by atomic mass is 10.0. The van der Waals surface area contributed by atoms with E-state index >= 15 is 0 Å². The summed E-state index contributed by atoms with van der Waals surface area (Å²) in [5.41, 5.74) is 7.82. The smallest absolute Gasteiger partial charge is 0.0479 e. The monoisotopic (exact) mass is 346 g/mol. The van der Waals surface area contributed by atoms with Crippen LogP contribution in [0, 0.1) is 3.57 Å². The molecule has 0 heterocycles. The molecule has 1 aromatic carbocycles. The van der Waals surface area contributed by atoms with Crippen LogP contribution in [0.4, 0.5) is 11.4 Å². The van der Waals surface area contributed by atoms with Crippen LogP contribution in [0.3, 0.4) is 0 Å². The number of hydrogen-bond donors (Lipinski definition) is 2. The molecule has 0 saturated carbocycles. The maximum Gasteiger partial charge on any atom is 0.0479 e. The number of rotatable bonds is 7. The molecule has 0 radical (unpaired) electrons. The summed E-state index contributed by atoms with van der Waals surface area (Å²) in [6.07, 6.45) is 6.28. The highest BCUT2D eigenvalue weighted by Crippen LogP contribution is 2.23. The van der Waals surface area contributed by atoms with Gasteiger partial charge in [0.25, 0.3) is 0 Å². The molecule has 1 atom stereocenters. The Morgan fingerprint density at radius 1 is 1.24 bits per heavy atom. The van der Waals surface area contributed by atoms with Crippen LogP contribution in [0.1, 0.15) is 46.0 Å². The van der Waals surface area contributed by atoms with Gasteiger partial charge in [-0.3, -0.25) is 0 Å². The van der Waals surface area contributed by atoms with Gasteiger partial charge >= 0.3 is 0 Å². The van der Waals surface area contributed by atoms with Crippen molar-refractivity contribution in [3.63, 3.8) is 0 Å². The van der Waals surface area contributed by atoms with E-state index in [9.17, 15) is 0 Å². The minimum atomic E-state index is 0.595. The van der Waals surface area contributed by atoms with Gasteiger partial charge < -0.3 is 11.1 Å². The molecule has 0 aliphatic rings. The Kier molecular flexibility index (Phi) is 6.70. The molecule has 17 heavy (non-hydrogen) atoms. The van der Waals surface area contributed by atoms with Gasteiger partial charge in [0.2, 0.25) is 0 Å². The van der Waals surface area contributed by atoms with Gasteiger partial charge in [-0.25, -0.2) is 0 Å². The maximum atomic E-state index is 5.76. The van der Waals surface area contributed by atoms with Gasteiger partial charge in [0, 0.05) is 21.0 Å². The summed E-state index contributed by atoms with van der Waals surface area (Å²) < 4.78 is 1.21. The largest absolute Gasteiger partial charge is 0.399 e. The zero-order chi connectivity index (χ0) is 12.7. The number of halogens is 1. The first-order valence-electron chi connectivity index (χ1n) is 6.49. The highest BCUT2D eigenvalue weighted by molar-refractivity contribution is 14.1. The van der Waals surface area contributed by atoms with Gasteiger partial charge in [0.15, 0.2) is 0 Å². The highest BCUT2D eigenvalue weighted by atomic mass is 127. The summed E-state index contributed by atoms with van der Waals surface area (Å²) in [4.78, 5) is 0. The molecule has 3 heteroatoms. The molecule has 96 valence electrons. The average Bonchev–Trinajstić information content (AvgIpc) is 2.29. The lowest BCUT2D eigenvalue weighted by Crippen LogP contribution is -2.19. The Morgan fingerprint density at radius 2 is 2.00 bits per heavy atom. The van der Waals surface area contributed by atoms with E-state index < -0.39 is 0 Å². The van der Waals surface area contributed by atoms with E-state index in [0.717, 1.165) is 5.69 Å². The summed E-state index contributed by atoms with van der Waals surface area (Å²) in [7, 11) is 0. The molecule has 3 N–H and O–H groups in total. The Hall–Kier alpha value is -0.450. The number of nitrogens with one attached hydrogen (secondary N) is 1. The summed E-state index contributed by atoms with van der Waals surface area (Å²) >= 11 is 2.34. The van der Waals surface area contributed by atoms with E-state index in [4.69, 9.17) is 5.73 Å². The molecule has 1 unspecified atom stereocenters. The fourth-order valence-corrected chi connectivity index (χ4v) is 2.65. The first-order chi connectivity index (χ1) is 8.17. The highest BCUT2D eigenvalue weighted by Gasteiger charge is 2.08. The Bertz CT molecular complexity index is 339. The maximum absolute atomic E-state index is 5.76. The average molecular weight is 346 g/mol. The molecule has 1 aromatic rings. The van der Waals surface area contributed by atoms with E-state index in [1.807, 2.05) is 12.1 Å². The van der Waals surface area contributed by atoms with E-state index in [2.05, 4.69) is 47.8 Å². The van der Waals surface area contributed by atoms with Gasteiger partial charge in [0.05, 0.1) is 0 Å². The molecular weight excluding hydrogens is 323 g/mol. The van der Waals surface area contributed by atoms with Crippen LogP contribution in [0.5, 0.6) is 0 Å². The Balaban J connectivity index is 2.64. The third-order valence-corrected chi connectivity index (χ3v) is 3.79. The molecule has 0 aliphatic heterocycles. The van der Waals surface area contributed by atoms with Crippen molar-refractivity contribution in [1.29, 1.82) is 0 Å². The second-order valence-corrected chi connectivity index (χ2v) is 5.67. The molecule has 0 fully saturated rings. The lowest BCUT2D eigenvalue weighted by Gasteiger charge is -2.20. The minimum Gasteiger partial charge on any atom is -0.399 e. The van der Waals surface area contributed by atoms with Crippen LogP contribution < -0.4 is 11.1 Å². The number of nitrogen functional groups attached to an aromatic ring is 1. The number of hydrogen-bond acceptors (Lipinski definition) is 2. The summed E-state index contributed by atoms with van der Waals surface area (Å²) in [6.45, 7) is 4.49. The zero-order valence-corrected chi connectivity index (χ0v) is 13.0. The number of unbranched alkanes of at least 4 members (excludes halogenated alkanes) is 1. The zero-order valence-electron chi connectivity index (χ0n) is 10.8. The summed E-state index contributed by atoms with van der Waals surface area (Å²) in [5, 5.41) is 3.65. The summed E-state index contributed by atoms with van der Waals surface area (Å²) in [6, 6.07) is 6.67. The van der Waals surface area contributed by atoms with Crippen LogP contribution in [0.15, 0.2) is 18.2 Å². The third kappa shape index (κ3) is 5.15. The van der Waals surface area contributed by atoms with Crippen molar-refractivity contribution in [3.8, 4) is 0 Å². The van der Waals surface area contributed by atoms with E-state index in [0.29, 0.717) is 6.04 Å². The van der Waals surface area contributed by atoms with Crippen molar-refractivity contribution < 1.29 is 0 Å². The third-order valence-electron chi connectivity index (χ3n) is 2.90. The number of anilines is 2. The van der Waals surface area contributed by atoms with Crippen LogP contribution in [0.25, 0.3) is 0 Å². The molecule has 2 nitrogen and oxygen atoms in total. The van der Waals surface area contributed by atoms with Crippen LogP contribution >= 0.6 is 22.6 Å². The molecule has 1 rings (SSSR count). The van der Waals surface area contributed by atoms with Gasteiger partial charge in [-0.15, -0.1) is 0 Å². The fourth-order valence-electron chi connectivity index (χ4n) is 1.96. The molecule has 0 aliphatic carbocycles. The quantitative estimate of drug-likeness (QED) is 0.557. The molecule has 0 amide bonds. The van der Waals surface area contributed by atoms with Crippen molar-refractivity contribution in [2.45, 2.75) is 52.0 Å². The standard InChI is InChI=1S/C14H23IN2/c1-3-5-7-12(6-4-2)17-14-9-8-11(16)10-13(14)15/h8-10,12,17H,3-7,16H2,1-2H3. The lowest BCUT2D eigenvalue weighted by molar-refractivity contribution is 0.564. The second-order valence-electron chi connectivity index (χ2n) is 4.51. The SMILES string of the molecule is CCCCC(CCC)Nc1ccc(N)cc1I. The van der Waals surface area contributed by atoms with E-state index in [1.54, 1.807) is 0 Å². The topological polar surface area (TPSA) is 38.0 Å².